The Kier molecular flexibility index (Phi) is 4.86. The molecule has 2 heterocycles. The molecule has 0 aliphatic carbocycles. The summed E-state index contributed by atoms with van der Waals surface area (Å²) in [6.45, 7) is 0. The van der Waals surface area contributed by atoms with E-state index in [1.807, 2.05) is 53.7 Å². The molecule has 3 nitrogen and oxygen atoms in total. The maximum atomic E-state index is 12.7. The van der Waals surface area contributed by atoms with Crippen molar-refractivity contribution in [3.63, 3.8) is 0 Å². The van der Waals surface area contributed by atoms with E-state index in [9.17, 15) is 4.79 Å². The van der Waals surface area contributed by atoms with Crippen LogP contribution in [0.1, 0.15) is 16.7 Å². The Bertz CT molecular complexity index is 1190. The van der Waals surface area contributed by atoms with Crippen LogP contribution in [0.4, 0.5) is 11.4 Å². The number of amides is 1. The van der Waals surface area contributed by atoms with Gasteiger partial charge in [-0.3, -0.25) is 14.7 Å². The minimum Gasteiger partial charge on any atom is -0.280 e. The number of rotatable bonds is 5. The van der Waals surface area contributed by atoms with Crippen LogP contribution >= 0.6 is 0 Å². The number of carbonyl (C=O) groups excluding carboxylic acids is 1. The highest BCUT2D eigenvalue weighted by atomic mass is 16.2. The standard InChI is InChI=1S/C27H22N2O/c30-27-17-23-14-13-22(16-26(23)29(27)25-9-5-2-6-10-25)24-15-21(18-28-19-24)12-11-20-7-3-1-4-8-20/h1-10,13-16,18-19H,11-12,17H2. The molecule has 3 aromatic carbocycles. The van der Waals surface area contributed by atoms with Gasteiger partial charge in [-0.15, -0.1) is 0 Å². The molecule has 1 amide bonds. The molecule has 0 fully saturated rings. The molecule has 30 heavy (non-hydrogen) atoms. The van der Waals surface area contributed by atoms with Crippen LogP contribution in [-0.2, 0) is 24.1 Å². The summed E-state index contributed by atoms with van der Waals surface area (Å²) in [5.74, 6) is 0.114. The van der Waals surface area contributed by atoms with Crippen LogP contribution < -0.4 is 4.90 Å². The third-order valence-electron chi connectivity index (χ3n) is 5.61. The number of para-hydroxylation sites is 1. The lowest BCUT2D eigenvalue weighted by Gasteiger charge is -2.18. The number of hydrogen-bond donors (Lipinski definition) is 0. The fourth-order valence-corrected chi connectivity index (χ4v) is 4.05. The van der Waals surface area contributed by atoms with Gasteiger partial charge in [-0.1, -0.05) is 60.7 Å². The van der Waals surface area contributed by atoms with E-state index in [1.165, 1.54) is 11.1 Å². The zero-order valence-corrected chi connectivity index (χ0v) is 16.7. The van der Waals surface area contributed by atoms with Crippen molar-refractivity contribution in [3.8, 4) is 11.1 Å². The Morgan fingerprint density at radius 2 is 1.47 bits per heavy atom. The second kappa shape index (κ2) is 7.96. The van der Waals surface area contributed by atoms with E-state index in [2.05, 4.69) is 53.5 Å². The van der Waals surface area contributed by atoms with Crippen LogP contribution in [0.3, 0.4) is 0 Å². The summed E-state index contributed by atoms with van der Waals surface area (Å²) in [4.78, 5) is 19.0. The van der Waals surface area contributed by atoms with Crippen LogP contribution in [-0.4, -0.2) is 10.9 Å². The van der Waals surface area contributed by atoms with Crippen molar-refractivity contribution in [1.82, 2.24) is 4.98 Å². The zero-order valence-electron chi connectivity index (χ0n) is 16.7. The number of hydrogen-bond acceptors (Lipinski definition) is 2. The van der Waals surface area contributed by atoms with Crippen molar-refractivity contribution in [2.24, 2.45) is 0 Å². The summed E-state index contributed by atoms with van der Waals surface area (Å²) in [5, 5.41) is 0. The summed E-state index contributed by atoms with van der Waals surface area (Å²) >= 11 is 0. The van der Waals surface area contributed by atoms with Crippen molar-refractivity contribution in [1.29, 1.82) is 0 Å². The van der Waals surface area contributed by atoms with Crippen molar-refractivity contribution in [3.05, 3.63) is 114 Å². The Balaban J connectivity index is 1.43. The van der Waals surface area contributed by atoms with E-state index in [1.54, 1.807) is 0 Å². The number of aryl methyl sites for hydroxylation is 2. The molecule has 1 aliphatic rings. The zero-order chi connectivity index (χ0) is 20.3. The number of aromatic nitrogens is 1. The van der Waals surface area contributed by atoms with E-state index < -0.39 is 0 Å². The largest absolute Gasteiger partial charge is 0.280 e. The second-order valence-corrected chi connectivity index (χ2v) is 7.65. The van der Waals surface area contributed by atoms with E-state index in [-0.39, 0.29) is 5.91 Å². The summed E-state index contributed by atoms with van der Waals surface area (Å²) in [6, 6.07) is 28.9. The van der Waals surface area contributed by atoms with E-state index >= 15 is 0 Å². The highest BCUT2D eigenvalue weighted by Crippen LogP contribution is 2.38. The van der Waals surface area contributed by atoms with Gasteiger partial charge in [0.2, 0.25) is 5.91 Å². The lowest BCUT2D eigenvalue weighted by molar-refractivity contribution is -0.116. The van der Waals surface area contributed by atoms with E-state index in [0.29, 0.717) is 6.42 Å². The minimum absolute atomic E-state index is 0.114. The second-order valence-electron chi connectivity index (χ2n) is 7.65. The molecule has 0 saturated carbocycles. The monoisotopic (exact) mass is 390 g/mol. The summed E-state index contributed by atoms with van der Waals surface area (Å²) in [7, 11) is 0. The first kappa shape index (κ1) is 18.3. The van der Waals surface area contributed by atoms with Crippen LogP contribution in [0.15, 0.2) is 97.3 Å². The molecule has 0 spiro atoms. The van der Waals surface area contributed by atoms with Crippen molar-refractivity contribution < 1.29 is 4.79 Å². The number of fused-ring (bicyclic) bond motifs is 1. The number of benzene rings is 3. The Morgan fingerprint density at radius 3 is 2.27 bits per heavy atom. The van der Waals surface area contributed by atoms with Gasteiger partial charge in [-0.05, 0) is 59.4 Å². The quantitative estimate of drug-likeness (QED) is 0.434. The molecule has 1 aromatic heterocycles. The first-order valence-electron chi connectivity index (χ1n) is 10.3. The van der Waals surface area contributed by atoms with Crippen molar-refractivity contribution in [2.75, 3.05) is 4.90 Å². The topological polar surface area (TPSA) is 33.2 Å². The average Bonchev–Trinajstić information content (AvgIpc) is 3.14. The number of anilines is 2. The van der Waals surface area contributed by atoms with Gasteiger partial charge >= 0.3 is 0 Å². The molecule has 0 radical (unpaired) electrons. The van der Waals surface area contributed by atoms with Gasteiger partial charge in [0, 0.05) is 23.6 Å². The summed E-state index contributed by atoms with van der Waals surface area (Å²) in [6.07, 6.45) is 6.23. The maximum absolute atomic E-state index is 12.7. The Labute approximate surface area is 176 Å². The van der Waals surface area contributed by atoms with Crippen LogP contribution in [0.25, 0.3) is 11.1 Å². The molecule has 1 aliphatic heterocycles. The van der Waals surface area contributed by atoms with Gasteiger partial charge < -0.3 is 0 Å². The molecule has 0 bridgehead atoms. The molecule has 0 atom stereocenters. The predicted octanol–water partition coefficient (Wildman–Crippen LogP) is 5.75. The van der Waals surface area contributed by atoms with Gasteiger partial charge in [0.25, 0.3) is 0 Å². The summed E-state index contributed by atoms with van der Waals surface area (Å²) < 4.78 is 0. The SMILES string of the molecule is O=C1Cc2ccc(-c3cncc(CCc4ccccc4)c3)cc2N1c1ccccc1. The Hall–Kier alpha value is -3.72. The molecular weight excluding hydrogens is 368 g/mol. The molecule has 5 rings (SSSR count). The number of pyridine rings is 1. The number of carbonyl (C=O) groups is 1. The lowest BCUT2D eigenvalue weighted by atomic mass is 10.00. The first-order chi connectivity index (χ1) is 14.8. The molecule has 0 N–H and O–H groups in total. The van der Waals surface area contributed by atoms with Crippen LogP contribution in [0.2, 0.25) is 0 Å². The van der Waals surface area contributed by atoms with Crippen LogP contribution in [0, 0.1) is 0 Å². The maximum Gasteiger partial charge on any atom is 0.236 e. The Morgan fingerprint density at radius 1 is 0.733 bits per heavy atom. The van der Waals surface area contributed by atoms with Crippen molar-refractivity contribution in [2.45, 2.75) is 19.3 Å². The molecule has 0 unspecified atom stereocenters. The normalized spacial score (nSPS) is 12.8. The van der Waals surface area contributed by atoms with Gasteiger partial charge in [0.1, 0.15) is 0 Å². The highest BCUT2D eigenvalue weighted by molar-refractivity contribution is 6.07. The molecule has 146 valence electrons. The van der Waals surface area contributed by atoms with Crippen LogP contribution in [0.5, 0.6) is 0 Å². The predicted molar refractivity (Wildman–Crippen MR) is 121 cm³/mol. The van der Waals surface area contributed by atoms with E-state index in [0.717, 1.165) is 40.9 Å². The average molecular weight is 390 g/mol. The minimum atomic E-state index is 0.114. The lowest BCUT2D eigenvalue weighted by Crippen LogP contribution is -2.20. The fourth-order valence-electron chi connectivity index (χ4n) is 4.05. The van der Waals surface area contributed by atoms with Gasteiger partial charge in [-0.2, -0.15) is 0 Å². The fraction of sp³-hybridized carbons (Fsp3) is 0.111. The van der Waals surface area contributed by atoms with Gasteiger partial charge in [0.15, 0.2) is 0 Å². The third kappa shape index (κ3) is 3.62. The first-order valence-corrected chi connectivity index (χ1v) is 10.3. The molecule has 4 aromatic rings. The smallest absolute Gasteiger partial charge is 0.236 e. The third-order valence-corrected chi connectivity index (χ3v) is 5.61. The highest BCUT2D eigenvalue weighted by Gasteiger charge is 2.28. The van der Waals surface area contributed by atoms with Gasteiger partial charge in [0.05, 0.1) is 12.1 Å². The van der Waals surface area contributed by atoms with E-state index in [4.69, 9.17) is 0 Å². The van der Waals surface area contributed by atoms with Crippen molar-refractivity contribution >= 4 is 17.3 Å². The molecule has 3 heteroatoms. The van der Waals surface area contributed by atoms with Gasteiger partial charge in [-0.25, -0.2) is 0 Å². The summed E-state index contributed by atoms with van der Waals surface area (Å²) in [5.41, 5.74) is 7.66. The molecule has 0 saturated heterocycles. The molecular formula is C27H22N2O. The number of nitrogens with zero attached hydrogens (tertiary/aromatic N) is 2.